The molecule has 88 heavy (non-hydrogen) atoms. The van der Waals surface area contributed by atoms with Gasteiger partial charge in [-0.05, 0) is 57.8 Å². The van der Waals surface area contributed by atoms with Gasteiger partial charge < -0.3 is 20.3 Å². The SMILES string of the molecule is CCCCCCCC/C=C\CCCCCCCCCCCC(=O)OCCCCCCCCCCCCCCCCCCCCCCCCCCCCCCCCCCCC(=O)NC(CO)C(O)/C=C/CCCCCCCCCCCCCCCCCCC. The standard InChI is InChI=1S/C82H159NO5/c1-3-5-7-9-11-13-15-17-19-21-38-42-46-50-54-58-62-66-70-74-80(85)79(78-84)83-81(86)75-71-67-63-59-55-51-47-43-40-36-34-32-30-28-26-24-23-25-27-29-31-33-35-37-41-45-49-53-57-61-65-69-73-77-88-82(87)76-72-68-64-60-56-52-48-44-39-22-20-18-16-14-12-10-8-6-4-2/h18,20,70,74,79-80,84-85H,3-17,19,21-69,71-73,75-78H2,1-2H3,(H,83,86)/b20-18-,74-70+. The lowest BCUT2D eigenvalue weighted by Crippen LogP contribution is -2.45. The lowest BCUT2D eigenvalue weighted by molar-refractivity contribution is -0.143. The molecule has 2 atom stereocenters. The number of carbonyl (C=O) groups is 2. The molecule has 3 N–H and O–H groups in total. The van der Waals surface area contributed by atoms with Crippen LogP contribution in [0.5, 0.6) is 0 Å². The highest BCUT2D eigenvalue weighted by Gasteiger charge is 2.18. The van der Waals surface area contributed by atoms with Crippen LogP contribution in [0.4, 0.5) is 0 Å². The number of aliphatic hydroxyl groups excluding tert-OH is 2. The summed E-state index contributed by atoms with van der Waals surface area (Å²) in [6.07, 6.45) is 100. The first-order chi connectivity index (χ1) is 43.5. The minimum atomic E-state index is -0.842. The largest absolute Gasteiger partial charge is 0.466 e. The number of nitrogens with one attached hydrogen (secondary N) is 1. The van der Waals surface area contributed by atoms with Gasteiger partial charge in [-0.25, -0.2) is 0 Å². The van der Waals surface area contributed by atoms with Crippen molar-refractivity contribution in [2.45, 2.75) is 475 Å². The Morgan fingerprint density at radius 3 is 0.807 bits per heavy atom. The van der Waals surface area contributed by atoms with Gasteiger partial charge in [0.2, 0.25) is 5.91 Å². The van der Waals surface area contributed by atoms with Crippen LogP contribution < -0.4 is 5.32 Å². The van der Waals surface area contributed by atoms with Gasteiger partial charge in [-0.1, -0.05) is 417 Å². The Hall–Kier alpha value is -1.66. The van der Waals surface area contributed by atoms with Crippen LogP contribution in [0.2, 0.25) is 0 Å². The van der Waals surface area contributed by atoms with Crippen molar-refractivity contribution in [3.63, 3.8) is 0 Å². The molecule has 0 aromatic rings. The third-order valence-electron chi connectivity index (χ3n) is 19.2. The van der Waals surface area contributed by atoms with Crippen molar-refractivity contribution in [2.75, 3.05) is 13.2 Å². The minimum absolute atomic E-state index is 0.0221. The maximum atomic E-state index is 12.5. The molecule has 0 aromatic heterocycles. The van der Waals surface area contributed by atoms with Gasteiger partial charge in [-0.2, -0.15) is 0 Å². The second-order valence-electron chi connectivity index (χ2n) is 28.1. The second-order valence-corrected chi connectivity index (χ2v) is 28.1. The Morgan fingerprint density at radius 2 is 0.534 bits per heavy atom. The van der Waals surface area contributed by atoms with Crippen LogP contribution in [0, 0.1) is 0 Å². The highest BCUT2D eigenvalue weighted by Crippen LogP contribution is 2.20. The van der Waals surface area contributed by atoms with Crippen molar-refractivity contribution in [3.05, 3.63) is 24.3 Å². The molecule has 2 unspecified atom stereocenters. The topological polar surface area (TPSA) is 95.9 Å². The molecule has 1 amide bonds. The minimum Gasteiger partial charge on any atom is -0.466 e. The molecule has 0 aliphatic carbocycles. The molecule has 0 spiro atoms. The van der Waals surface area contributed by atoms with Gasteiger partial charge in [0.15, 0.2) is 0 Å². The van der Waals surface area contributed by atoms with E-state index in [1.165, 1.54) is 398 Å². The molecule has 0 radical (unpaired) electrons. The molecule has 6 nitrogen and oxygen atoms in total. The van der Waals surface area contributed by atoms with E-state index in [1.54, 1.807) is 6.08 Å². The number of aliphatic hydroxyl groups is 2. The Kier molecular flexibility index (Phi) is 76.3. The molecule has 522 valence electrons. The first-order valence-corrected chi connectivity index (χ1v) is 40.6. The zero-order valence-electron chi connectivity index (χ0n) is 60.0. The summed E-state index contributed by atoms with van der Waals surface area (Å²) < 4.78 is 5.52. The summed E-state index contributed by atoms with van der Waals surface area (Å²) in [5, 5.41) is 23.3. The molecular weight excluding hydrogens is 1080 g/mol. The van der Waals surface area contributed by atoms with Crippen molar-refractivity contribution in [1.29, 1.82) is 0 Å². The summed E-state index contributed by atoms with van der Waals surface area (Å²) in [6.45, 7) is 4.96. The fourth-order valence-corrected chi connectivity index (χ4v) is 13.0. The maximum Gasteiger partial charge on any atom is 0.305 e. The number of hydrogen-bond acceptors (Lipinski definition) is 5. The highest BCUT2D eigenvalue weighted by atomic mass is 16.5. The summed E-state index contributed by atoms with van der Waals surface area (Å²) in [6, 6.07) is -0.625. The van der Waals surface area contributed by atoms with Crippen LogP contribution in [0.3, 0.4) is 0 Å². The van der Waals surface area contributed by atoms with Crippen molar-refractivity contribution < 1.29 is 24.5 Å². The lowest BCUT2D eigenvalue weighted by Gasteiger charge is -2.20. The molecule has 0 rings (SSSR count). The van der Waals surface area contributed by atoms with Gasteiger partial charge in [0.05, 0.1) is 25.4 Å². The number of amides is 1. The van der Waals surface area contributed by atoms with Gasteiger partial charge >= 0.3 is 5.97 Å². The fourth-order valence-electron chi connectivity index (χ4n) is 13.0. The van der Waals surface area contributed by atoms with Crippen molar-refractivity contribution in [3.8, 4) is 0 Å². The van der Waals surface area contributed by atoms with E-state index in [9.17, 15) is 19.8 Å². The van der Waals surface area contributed by atoms with Crippen LogP contribution in [0.15, 0.2) is 24.3 Å². The summed E-state index contributed by atoms with van der Waals surface area (Å²) in [4.78, 5) is 24.7. The Bertz CT molecular complexity index is 1380. The summed E-state index contributed by atoms with van der Waals surface area (Å²) in [5.74, 6) is -0.0365. The van der Waals surface area contributed by atoms with Gasteiger partial charge in [0.1, 0.15) is 0 Å². The molecule has 0 saturated carbocycles. The molecular formula is C82H159NO5. The number of esters is 1. The summed E-state index contributed by atoms with van der Waals surface area (Å²) in [7, 11) is 0. The average molecular weight is 1240 g/mol. The van der Waals surface area contributed by atoms with E-state index in [1.807, 2.05) is 6.08 Å². The number of hydrogen-bond donors (Lipinski definition) is 3. The second kappa shape index (κ2) is 77.8. The Labute approximate surface area is 551 Å². The quantitative estimate of drug-likeness (QED) is 0.0320. The van der Waals surface area contributed by atoms with Crippen molar-refractivity contribution in [2.24, 2.45) is 0 Å². The Morgan fingerprint density at radius 1 is 0.307 bits per heavy atom. The zero-order valence-corrected chi connectivity index (χ0v) is 60.0. The summed E-state index contributed by atoms with van der Waals surface area (Å²) in [5.41, 5.74) is 0. The number of unbranched alkanes of at least 4 members (excludes halogenated alkanes) is 64. The van der Waals surface area contributed by atoms with E-state index in [-0.39, 0.29) is 18.5 Å². The molecule has 0 aromatic carbocycles. The monoisotopic (exact) mass is 1240 g/mol. The molecule has 0 bridgehead atoms. The number of rotatable bonds is 77. The first-order valence-electron chi connectivity index (χ1n) is 40.6. The predicted octanol–water partition coefficient (Wildman–Crippen LogP) is 26.8. The van der Waals surface area contributed by atoms with Gasteiger partial charge in [0, 0.05) is 12.8 Å². The maximum absolute atomic E-state index is 12.5. The third-order valence-corrected chi connectivity index (χ3v) is 19.2. The van der Waals surface area contributed by atoms with Crippen LogP contribution in [0.1, 0.15) is 463 Å². The lowest BCUT2D eigenvalue weighted by atomic mass is 10.0. The van der Waals surface area contributed by atoms with E-state index in [0.29, 0.717) is 19.4 Å². The van der Waals surface area contributed by atoms with Gasteiger partial charge in [0.25, 0.3) is 0 Å². The average Bonchev–Trinajstić information content (AvgIpc) is 3.58. The molecule has 6 heteroatoms. The third kappa shape index (κ3) is 73.4. The van der Waals surface area contributed by atoms with E-state index >= 15 is 0 Å². The fraction of sp³-hybridized carbons (Fsp3) is 0.927. The normalized spacial score (nSPS) is 12.5. The van der Waals surface area contributed by atoms with Gasteiger partial charge in [-0.3, -0.25) is 9.59 Å². The van der Waals surface area contributed by atoms with E-state index in [0.717, 1.165) is 38.5 Å². The van der Waals surface area contributed by atoms with Crippen molar-refractivity contribution >= 4 is 11.9 Å². The van der Waals surface area contributed by atoms with E-state index < -0.39 is 12.1 Å². The number of carbonyl (C=O) groups excluding carboxylic acids is 2. The summed E-state index contributed by atoms with van der Waals surface area (Å²) >= 11 is 0. The van der Waals surface area contributed by atoms with Crippen LogP contribution in [-0.2, 0) is 14.3 Å². The molecule has 0 heterocycles. The number of allylic oxidation sites excluding steroid dienone is 3. The smallest absolute Gasteiger partial charge is 0.305 e. The van der Waals surface area contributed by atoms with Crippen molar-refractivity contribution in [1.82, 2.24) is 5.32 Å². The van der Waals surface area contributed by atoms with Crippen LogP contribution in [-0.4, -0.2) is 47.4 Å². The van der Waals surface area contributed by atoms with Crippen LogP contribution >= 0.6 is 0 Å². The Balaban J connectivity index is 3.32. The van der Waals surface area contributed by atoms with E-state index in [2.05, 4.69) is 31.3 Å². The van der Waals surface area contributed by atoms with Gasteiger partial charge in [-0.15, -0.1) is 0 Å². The predicted molar refractivity (Wildman–Crippen MR) is 389 cm³/mol. The molecule has 0 saturated heterocycles. The molecule has 0 aliphatic heterocycles. The molecule has 0 aliphatic rings. The molecule has 0 fully saturated rings. The van der Waals surface area contributed by atoms with Crippen LogP contribution in [0.25, 0.3) is 0 Å². The van der Waals surface area contributed by atoms with E-state index in [4.69, 9.17) is 4.74 Å². The highest BCUT2D eigenvalue weighted by molar-refractivity contribution is 5.76. The first kappa shape index (κ1) is 86.3. The number of ether oxygens (including phenoxy) is 1. The zero-order chi connectivity index (χ0) is 63.5.